The molecule has 0 saturated carbocycles. The zero-order valence-corrected chi connectivity index (χ0v) is 11.8. The Morgan fingerprint density at radius 2 is 2.05 bits per heavy atom. The van der Waals surface area contributed by atoms with Gasteiger partial charge < -0.3 is 15.7 Å². The smallest absolute Gasteiger partial charge is 0.255 e. The first-order chi connectivity index (χ1) is 9.51. The largest absolute Gasteiger partial charge is 0.379 e. The van der Waals surface area contributed by atoms with Crippen LogP contribution in [0.25, 0.3) is 0 Å². The van der Waals surface area contributed by atoms with Crippen LogP contribution >= 0.6 is 0 Å². The third-order valence-electron chi connectivity index (χ3n) is 3.61. The molecule has 2 unspecified atom stereocenters. The van der Waals surface area contributed by atoms with Crippen LogP contribution in [0.5, 0.6) is 0 Å². The van der Waals surface area contributed by atoms with Gasteiger partial charge in [-0.15, -0.1) is 0 Å². The molecule has 0 spiro atoms. The Balaban J connectivity index is 2.77. The predicted molar refractivity (Wildman–Crippen MR) is 74.6 cm³/mol. The zero-order chi connectivity index (χ0) is 15.1. The highest BCUT2D eigenvalue weighted by Crippen LogP contribution is 2.14. The molecule has 1 heterocycles. The Bertz CT molecular complexity index is 378. The number of hydrogen-bond acceptors (Lipinski definition) is 5. The van der Waals surface area contributed by atoms with Gasteiger partial charge >= 0.3 is 0 Å². The fourth-order valence-electron chi connectivity index (χ4n) is 2.41. The number of nitrogens with two attached hydrogens (primary N) is 1. The summed E-state index contributed by atoms with van der Waals surface area (Å²) in [5, 5.41) is 20.9. The standard InChI is InChI=1S/C13H23N3O4/c1-2-10(11(9-14)16(19)20)8-12(17)13(18)15-6-4-3-5-7-15/h8,11-12,17H,2-7,9,14H2,1H3. The zero-order valence-electron chi connectivity index (χ0n) is 11.8. The average molecular weight is 285 g/mol. The second-order valence-corrected chi connectivity index (χ2v) is 4.96. The summed E-state index contributed by atoms with van der Waals surface area (Å²) in [6.07, 6.45) is 3.31. The van der Waals surface area contributed by atoms with Crippen LogP contribution in [0, 0.1) is 10.1 Å². The van der Waals surface area contributed by atoms with Gasteiger partial charge in [-0.05, 0) is 31.8 Å². The van der Waals surface area contributed by atoms with Gasteiger partial charge in [-0.3, -0.25) is 14.9 Å². The molecule has 0 radical (unpaired) electrons. The molecule has 1 fully saturated rings. The fraction of sp³-hybridized carbons (Fsp3) is 0.769. The van der Waals surface area contributed by atoms with Crippen LogP contribution in [-0.4, -0.2) is 52.6 Å². The summed E-state index contributed by atoms with van der Waals surface area (Å²) < 4.78 is 0. The highest BCUT2D eigenvalue weighted by atomic mass is 16.6. The summed E-state index contributed by atoms with van der Waals surface area (Å²) in [6.45, 7) is 2.88. The van der Waals surface area contributed by atoms with E-state index in [2.05, 4.69) is 0 Å². The van der Waals surface area contributed by atoms with Crippen molar-refractivity contribution in [2.75, 3.05) is 19.6 Å². The van der Waals surface area contributed by atoms with Crippen molar-refractivity contribution in [3.05, 3.63) is 21.8 Å². The van der Waals surface area contributed by atoms with Crippen molar-refractivity contribution in [3.8, 4) is 0 Å². The van der Waals surface area contributed by atoms with E-state index in [1.165, 1.54) is 6.08 Å². The molecule has 7 nitrogen and oxygen atoms in total. The molecular formula is C13H23N3O4. The van der Waals surface area contributed by atoms with Crippen molar-refractivity contribution in [2.45, 2.75) is 44.8 Å². The van der Waals surface area contributed by atoms with Crippen LogP contribution in [0.3, 0.4) is 0 Å². The molecule has 0 bridgehead atoms. The monoisotopic (exact) mass is 285 g/mol. The van der Waals surface area contributed by atoms with Gasteiger partial charge in [0.2, 0.25) is 6.04 Å². The number of piperidine rings is 1. The molecule has 2 atom stereocenters. The normalized spacial score (nSPS) is 19.6. The second-order valence-electron chi connectivity index (χ2n) is 4.96. The van der Waals surface area contributed by atoms with E-state index in [9.17, 15) is 20.0 Å². The lowest BCUT2D eigenvalue weighted by Crippen LogP contribution is -2.42. The minimum absolute atomic E-state index is 0.142. The number of hydrogen-bond donors (Lipinski definition) is 2. The van der Waals surface area contributed by atoms with Crippen molar-refractivity contribution < 1.29 is 14.8 Å². The van der Waals surface area contributed by atoms with Crippen molar-refractivity contribution in [3.63, 3.8) is 0 Å². The molecule has 7 heteroatoms. The topological polar surface area (TPSA) is 110 Å². The number of carbonyl (C=O) groups excluding carboxylic acids is 1. The van der Waals surface area contributed by atoms with E-state index < -0.39 is 17.1 Å². The average Bonchev–Trinajstić information content (AvgIpc) is 2.46. The lowest BCUT2D eigenvalue weighted by molar-refractivity contribution is -0.509. The molecule has 3 N–H and O–H groups in total. The lowest BCUT2D eigenvalue weighted by atomic mass is 10.0. The summed E-state index contributed by atoms with van der Waals surface area (Å²) >= 11 is 0. The van der Waals surface area contributed by atoms with Gasteiger partial charge in [-0.25, -0.2) is 0 Å². The van der Waals surface area contributed by atoms with E-state index >= 15 is 0 Å². The Labute approximate surface area is 118 Å². The minimum Gasteiger partial charge on any atom is -0.379 e. The van der Waals surface area contributed by atoms with Crippen molar-refractivity contribution >= 4 is 5.91 Å². The molecule has 0 aromatic rings. The van der Waals surface area contributed by atoms with Crippen LogP contribution in [-0.2, 0) is 4.79 Å². The number of carbonyl (C=O) groups is 1. The van der Waals surface area contributed by atoms with Gasteiger partial charge in [0, 0.05) is 23.6 Å². The number of amides is 1. The summed E-state index contributed by atoms with van der Waals surface area (Å²) in [5.41, 5.74) is 5.78. The van der Waals surface area contributed by atoms with E-state index in [1.54, 1.807) is 11.8 Å². The first-order valence-electron chi connectivity index (χ1n) is 7.02. The highest BCUT2D eigenvalue weighted by molar-refractivity contribution is 5.82. The summed E-state index contributed by atoms with van der Waals surface area (Å²) in [6, 6.07) is -1.04. The Morgan fingerprint density at radius 3 is 2.50 bits per heavy atom. The molecule has 0 aromatic heterocycles. The van der Waals surface area contributed by atoms with Crippen LogP contribution in [0.1, 0.15) is 32.6 Å². The third-order valence-corrected chi connectivity index (χ3v) is 3.61. The van der Waals surface area contributed by atoms with E-state index in [4.69, 9.17) is 5.73 Å². The van der Waals surface area contributed by atoms with E-state index in [0.717, 1.165) is 19.3 Å². The predicted octanol–water partition coefficient (Wildman–Crippen LogP) is 0.300. The van der Waals surface area contributed by atoms with Gasteiger partial charge in [-0.1, -0.05) is 6.92 Å². The first-order valence-corrected chi connectivity index (χ1v) is 7.02. The molecule has 1 amide bonds. The van der Waals surface area contributed by atoms with Crippen molar-refractivity contribution in [1.82, 2.24) is 4.90 Å². The van der Waals surface area contributed by atoms with Crippen LogP contribution in [0.2, 0.25) is 0 Å². The van der Waals surface area contributed by atoms with Gasteiger partial charge in [0.25, 0.3) is 5.91 Å². The number of aliphatic hydroxyl groups is 1. The molecule has 114 valence electrons. The molecule has 0 aromatic carbocycles. The number of aliphatic hydroxyl groups excluding tert-OH is 1. The molecule has 1 aliphatic heterocycles. The van der Waals surface area contributed by atoms with Crippen molar-refractivity contribution in [1.29, 1.82) is 0 Å². The maximum absolute atomic E-state index is 12.1. The number of likely N-dealkylation sites (tertiary alicyclic amines) is 1. The van der Waals surface area contributed by atoms with E-state index in [0.29, 0.717) is 25.1 Å². The first kappa shape index (κ1) is 16.6. The van der Waals surface area contributed by atoms with E-state index in [-0.39, 0.29) is 12.5 Å². The fourth-order valence-corrected chi connectivity index (χ4v) is 2.41. The van der Waals surface area contributed by atoms with Gasteiger partial charge in [0.05, 0.1) is 6.54 Å². The molecule has 1 aliphatic rings. The molecule has 1 saturated heterocycles. The number of rotatable bonds is 6. The van der Waals surface area contributed by atoms with Gasteiger partial charge in [-0.2, -0.15) is 0 Å². The van der Waals surface area contributed by atoms with Gasteiger partial charge in [0.15, 0.2) is 6.10 Å². The molecule has 20 heavy (non-hydrogen) atoms. The Kier molecular flexibility index (Phi) is 6.60. The maximum Gasteiger partial charge on any atom is 0.255 e. The number of nitro groups is 1. The van der Waals surface area contributed by atoms with Crippen LogP contribution in [0.15, 0.2) is 11.6 Å². The second kappa shape index (κ2) is 7.96. The SMILES string of the molecule is CCC(=CC(O)C(=O)N1CCCCC1)C(CN)[N+](=O)[O-]. The molecular weight excluding hydrogens is 262 g/mol. The quantitative estimate of drug-likeness (QED) is 0.414. The third kappa shape index (κ3) is 4.28. The number of nitrogens with zero attached hydrogens (tertiary/aromatic N) is 2. The van der Waals surface area contributed by atoms with Crippen molar-refractivity contribution in [2.24, 2.45) is 5.73 Å². The summed E-state index contributed by atoms with van der Waals surface area (Å²) in [7, 11) is 0. The summed E-state index contributed by atoms with van der Waals surface area (Å²) in [5.74, 6) is -0.380. The molecule has 0 aliphatic carbocycles. The van der Waals surface area contributed by atoms with E-state index in [1.807, 2.05) is 0 Å². The van der Waals surface area contributed by atoms with Crippen LogP contribution in [0.4, 0.5) is 0 Å². The Hall–Kier alpha value is -1.47. The minimum atomic E-state index is -1.32. The van der Waals surface area contributed by atoms with Gasteiger partial charge in [0.1, 0.15) is 0 Å². The highest BCUT2D eigenvalue weighted by Gasteiger charge is 2.27. The van der Waals surface area contributed by atoms with Crippen LogP contribution < -0.4 is 5.73 Å². The summed E-state index contributed by atoms with van der Waals surface area (Å²) in [4.78, 5) is 24.1. The molecule has 1 rings (SSSR count). The Morgan fingerprint density at radius 1 is 1.45 bits per heavy atom. The maximum atomic E-state index is 12.1. The lowest BCUT2D eigenvalue weighted by Gasteiger charge is -2.28.